The topological polar surface area (TPSA) is 64.3 Å². The van der Waals surface area contributed by atoms with Gasteiger partial charge in [0.1, 0.15) is 5.60 Å². The molecule has 0 radical (unpaired) electrons. The highest BCUT2D eigenvalue weighted by molar-refractivity contribution is 5.70. The molecule has 0 spiro atoms. The molecule has 0 fully saturated rings. The molecular weight excluding hydrogens is 216 g/mol. The second kappa shape index (κ2) is 4.65. The number of hydrogen-bond donors (Lipinski definition) is 2. The van der Waals surface area contributed by atoms with Crippen LogP contribution < -0.4 is 11.1 Å². The summed E-state index contributed by atoms with van der Waals surface area (Å²) in [6.45, 7) is 7.35. The molecule has 1 atom stereocenters. The number of carbonyl (C=O) groups is 1. The van der Waals surface area contributed by atoms with E-state index in [0.29, 0.717) is 5.70 Å². The van der Waals surface area contributed by atoms with Crippen molar-refractivity contribution in [2.75, 3.05) is 0 Å². The number of allylic oxidation sites excluding steroid dienone is 3. The quantitative estimate of drug-likeness (QED) is 0.733. The predicted octanol–water partition coefficient (Wildman–Crippen LogP) is 2.24. The Bertz CT molecular complexity index is 389. The molecule has 17 heavy (non-hydrogen) atoms. The molecule has 0 aliphatic heterocycles. The Balaban J connectivity index is 2.69. The molecular formula is C13H20N2O2. The molecule has 0 saturated carbocycles. The summed E-state index contributed by atoms with van der Waals surface area (Å²) in [5.74, 6) is 0. The highest BCUT2D eigenvalue weighted by Gasteiger charge is 2.24. The average Bonchev–Trinajstić information content (AvgIpc) is 2.25. The van der Waals surface area contributed by atoms with Crippen LogP contribution >= 0.6 is 0 Å². The Morgan fingerprint density at radius 2 is 2.06 bits per heavy atom. The Morgan fingerprint density at radius 1 is 1.41 bits per heavy atom. The number of carbonyl (C=O) groups excluding carboxylic acids is 1. The summed E-state index contributed by atoms with van der Waals surface area (Å²) in [7, 11) is 0. The van der Waals surface area contributed by atoms with Gasteiger partial charge in [0.2, 0.25) is 0 Å². The van der Waals surface area contributed by atoms with Crippen LogP contribution in [0.2, 0.25) is 0 Å². The van der Waals surface area contributed by atoms with Crippen LogP contribution in [0.15, 0.2) is 36.1 Å². The van der Waals surface area contributed by atoms with Crippen molar-refractivity contribution >= 4 is 6.09 Å². The number of hydrogen-bond acceptors (Lipinski definition) is 3. The van der Waals surface area contributed by atoms with Crippen molar-refractivity contribution in [3.05, 3.63) is 36.1 Å². The first kappa shape index (κ1) is 13.4. The number of ether oxygens (including phenoxy) is 1. The molecule has 4 nitrogen and oxygen atoms in total. The lowest BCUT2D eigenvalue weighted by molar-refractivity contribution is 0.0499. The van der Waals surface area contributed by atoms with E-state index in [1.165, 1.54) is 0 Å². The third-order valence-corrected chi connectivity index (χ3v) is 2.12. The molecule has 0 saturated heterocycles. The standard InChI is InChI=1S/C13H20N2O2/c1-12(2,3)17-11(16)15-13(4)8-5-6-10(14)7-9-13/h5-9H,14H2,1-4H3,(H,15,16). The molecule has 1 unspecified atom stereocenters. The van der Waals surface area contributed by atoms with E-state index < -0.39 is 17.2 Å². The number of rotatable bonds is 1. The molecule has 0 bridgehead atoms. The van der Waals surface area contributed by atoms with Crippen LogP contribution in [-0.4, -0.2) is 17.2 Å². The number of amides is 1. The first-order chi connectivity index (χ1) is 7.70. The zero-order valence-corrected chi connectivity index (χ0v) is 10.8. The number of nitrogens with two attached hydrogens (primary N) is 1. The van der Waals surface area contributed by atoms with Gasteiger partial charge in [0.25, 0.3) is 0 Å². The van der Waals surface area contributed by atoms with Crippen molar-refractivity contribution in [3.8, 4) is 0 Å². The third-order valence-electron chi connectivity index (χ3n) is 2.12. The van der Waals surface area contributed by atoms with E-state index in [9.17, 15) is 4.79 Å². The third kappa shape index (κ3) is 4.76. The average molecular weight is 236 g/mol. The molecule has 0 aromatic rings. The molecule has 0 heterocycles. The maximum absolute atomic E-state index is 11.7. The zero-order valence-electron chi connectivity index (χ0n) is 10.8. The first-order valence-corrected chi connectivity index (χ1v) is 5.56. The van der Waals surface area contributed by atoms with Crippen LogP contribution in [0.1, 0.15) is 27.7 Å². The van der Waals surface area contributed by atoms with E-state index >= 15 is 0 Å². The van der Waals surface area contributed by atoms with Gasteiger partial charge >= 0.3 is 6.09 Å². The molecule has 1 aliphatic carbocycles. The second-order valence-electron chi connectivity index (χ2n) is 5.27. The summed E-state index contributed by atoms with van der Waals surface area (Å²) in [6, 6.07) is 0. The minimum absolute atomic E-state index is 0.449. The van der Waals surface area contributed by atoms with Gasteiger partial charge in [0.05, 0.1) is 5.54 Å². The molecule has 1 aliphatic rings. The summed E-state index contributed by atoms with van der Waals surface area (Å²) < 4.78 is 5.21. The lowest BCUT2D eigenvalue weighted by Gasteiger charge is -2.26. The van der Waals surface area contributed by atoms with Gasteiger partial charge in [-0.05, 0) is 39.8 Å². The second-order valence-corrected chi connectivity index (χ2v) is 5.27. The smallest absolute Gasteiger partial charge is 0.408 e. The van der Waals surface area contributed by atoms with E-state index in [-0.39, 0.29) is 0 Å². The van der Waals surface area contributed by atoms with Crippen molar-refractivity contribution in [1.29, 1.82) is 0 Å². The zero-order chi connectivity index (χ0) is 13.1. The summed E-state index contributed by atoms with van der Waals surface area (Å²) >= 11 is 0. The SMILES string of the molecule is CC1(NC(=O)OC(C)(C)C)C=CC=C(N)C=C1. The molecule has 0 aromatic carbocycles. The number of alkyl carbamates (subject to hydrolysis) is 1. The van der Waals surface area contributed by atoms with Gasteiger partial charge in [0.15, 0.2) is 0 Å². The van der Waals surface area contributed by atoms with Crippen molar-refractivity contribution < 1.29 is 9.53 Å². The van der Waals surface area contributed by atoms with Gasteiger partial charge in [-0.1, -0.05) is 18.2 Å². The number of nitrogens with one attached hydrogen (secondary N) is 1. The first-order valence-electron chi connectivity index (χ1n) is 5.56. The van der Waals surface area contributed by atoms with Gasteiger partial charge in [-0.25, -0.2) is 4.79 Å². The minimum atomic E-state index is -0.583. The Kier molecular flexibility index (Phi) is 3.66. The van der Waals surface area contributed by atoms with Gasteiger partial charge in [0, 0.05) is 5.70 Å². The summed E-state index contributed by atoms with van der Waals surface area (Å²) in [6.07, 6.45) is 8.58. The molecule has 1 rings (SSSR count). The summed E-state index contributed by atoms with van der Waals surface area (Å²) in [4.78, 5) is 11.7. The van der Waals surface area contributed by atoms with Crippen LogP contribution in [0.4, 0.5) is 4.79 Å². The summed E-state index contributed by atoms with van der Waals surface area (Å²) in [5.41, 5.74) is 5.23. The monoisotopic (exact) mass is 236 g/mol. The van der Waals surface area contributed by atoms with Crippen molar-refractivity contribution in [2.24, 2.45) is 5.73 Å². The summed E-state index contributed by atoms with van der Waals surface area (Å²) in [5, 5.41) is 2.79. The fourth-order valence-corrected chi connectivity index (χ4v) is 1.35. The van der Waals surface area contributed by atoms with E-state index in [2.05, 4.69) is 5.32 Å². The van der Waals surface area contributed by atoms with E-state index in [4.69, 9.17) is 10.5 Å². The Labute approximate surface area is 102 Å². The van der Waals surface area contributed by atoms with E-state index in [1.807, 2.05) is 45.9 Å². The van der Waals surface area contributed by atoms with Crippen molar-refractivity contribution in [2.45, 2.75) is 38.8 Å². The Hall–Kier alpha value is -1.71. The van der Waals surface area contributed by atoms with Crippen molar-refractivity contribution in [3.63, 3.8) is 0 Å². The molecule has 94 valence electrons. The van der Waals surface area contributed by atoms with Crippen molar-refractivity contribution in [1.82, 2.24) is 5.32 Å². The lowest BCUT2D eigenvalue weighted by Crippen LogP contribution is -2.45. The van der Waals surface area contributed by atoms with Crippen LogP contribution in [0.3, 0.4) is 0 Å². The van der Waals surface area contributed by atoms with Gasteiger partial charge in [-0.15, -0.1) is 0 Å². The normalized spacial score (nSPS) is 23.9. The fourth-order valence-electron chi connectivity index (χ4n) is 1.35. The molecule has 0 aromatic heterocycles. The van der Waals surface area contributed by atoms with E-state index in [1.54, 1.807) is 12.2 Å². The minimum Gasteiger partial charge on any atom is -0.444 e. The highest BCUT2D eigenvalue weighted by Crippen LogP contribution is 2.15. The van der Waals surface area contributed by atoms with Crippen LogP contribution in [0, 0.1) is 0 Å². The van der Waals surface area contributed by atoms with Gasteiger partial charge < -0.3 is 15.8 Å². The van der Waals surface area contributed by atoms with E-state index in [0.717, 1.165) is 0 Å². The largest absolute Gasteiger partial charge is 0.444 e. The maximum Gasteiger partial charge on any atom is 0.408 e. The molecule has 4 heteroatoms. The van der Waals surface area contributed by atoms with Crippen LogP contribution in [0.5, 0.6) is 0 Å². The maximum atomic E-state index is 11.7. The van der Waals surface area contributed by atoms with Gasteiger partial charge in [-0.2, -0.15) is 0 Å². The van der Waals surface area contributed by atoms with Crippen LogP contribution in [-0.2, 0) is 4.74 Å². The fraction of sp³-hybridized carbons (Fsp3) is 0.462. The molecule has 3 N–H and O–H groups in total. The molecule has 1 amide bonds. The highest BCUT2D eigenvalue weighted by atomic mass is 16.6. The van der Waals surface area contributed by atoms with Crippen LogP contribution in [0.25, 0.3) is 0 Å². The van der Waals surface area contributed by atoms with Gasteiger partial charge in [-0.3, -0.25) is 0 Å². The predicted molar refractivity (Wildman–Crippen MR) is 68.3 cm³/mol. The Morgan fingerprint density at radius 3 is 2.65 bits per heavy atom. The lowest BCUT2D eigenvalue weighted by atomic mass is 10.0.